The Kier molecular flexibility index (Phi) is 6.38. The molecule has 0 atom stereocenters. The Bertz CT molecular complexity index is 920. The summed E-state index contributed by atoms with van der Waals surface area (Å²) >= 11 is 1.51. The van der Waals surface area contributed by atoms with Crippen molar-refractivity contribution in [3.63, 3.8) is 0 Å². The average Bonchev–Trinajstić information content (AvgIpc) is 3.36. The molecule has 2 N–H and O–H groups in total. The lowest BCUT2D eigenvalue weighted by Crippen LogP contribution is -2.41. The van der Waals surface area contributed by atoms with Crippen LogP contribution in [0.3, 0.4) is 0 Å². The van der Waals surface area contributed by atoms with E-state index in [0.29, 0.717) is 23.0 Å². The van der Waals surface area contributed by atoms with Crippen LogP contribution in [0, 0.1) is 0 Å². The Labute approximate surface area is 165 Å². The van der Waals surface area contributed by atoms with E-state index in [0.717, 1.165) is 4.88 Å². The highest BCUT2D eigenvalue weighted by Gasteiger charge is 2.12. The van der Waals surface area contributed by atoms with E-state index >= 15 is 0 Å². The smallest absolute Gasteiger partial charge is 0.269 e. The number of thiophene rings is 1. The van der Waals surface area contributed by atoms with Gasteiger partial charge in [-0.15, -0.1) is 11.3 Å². The molecular formula is C19H20N4O4S. The molecule has 0 spiro atoms. The van der Waals surface area contributed by atoms with Crippen molar-refractivity contribution >= 4 is 23.2 Å². The van der Waals surface area contributed by atoms with Gasteiger partial charge in [0.15, 0.2) is 0 Å². The van der Waals surface area contributed by atoms with Gasteiger partial charge in [0.05, 0.1) is 11.0 Å². The number of hydrazine groups is 1. The van der Waals surface area contributed by atoms with Gasteiger partial charge in [0, 0.05) is 18.4 Å². The van der Waals surface area contributed by atoms with Crippen molar-refractivity contribution < 1.29 is 18.8 Å². The predicted molar refractivity (Wildman–Crippen MR) is 104 cm³/mol. The molecule has 0 aliphatic carbocycles. The summed E-state index contributed by atoms with van der Waals surface area (Å²) in [6.45, 7) is 3.85. The molecule has 3 aromatic rings. The van der Waals surface area contributed by atoms with Gasteiger partial charge in [0.2, 0.25) is 17.6 Å². The standard InChI is InChI=1S/C19H20N4O4S/c1-12(2)26-14-7-5-13(6-8-14)19(25)22-21-16(24)9-10-17-20-18(23-27-17)15-4-3-11-28-15/h3-8,11-12H,9-10H2,1-2H3,(H,21,24)(H,22,25). The highest BCUT2D eigenvalue weighted by Crippen LogP contribution is 2.21. The van der Waals surface area contributed by atoms with Crippen LogP contribution in [0.15, 0.2) is 46.3 Å². The maximum absolute atomic E-state index is 12.1. The van der Waals surface area contributed by atoms with Crippen LogP contribution >= 0.6 is 11.3 Å². The molecule has 0 aliphatic heterocycles. The van der Waals surface area contributed by atoms with E-state index in [1.54, 1.807) is 24.3 Å². The van der Waals surface area contributed by atoms with Gasteiger partial charge in [0.1, 0.15) is 5.75 Å². The second kappa shape index (κ2) is 9.14. The van der Waals surface area contributed by atoms with Crippen molar-refractivity contribution in [2.24, 2.45) is 0 Å². The largest absolute Gasteiger partial charge is 0.491 e. The zero-order valence-electron chi connectivity index (χ0n) is 15.5. The van der Waals surface area contributed by atoms with Crippen molar-refractivity contribution in [1.82, 2.24) is 21.0 Å². The number of aryl methyl sites for hydroxylation is 1. The van der Waals surface area contributed by atoms with E-state index in [9.17, 15) is 9.59 Å². The summed E-state index contributed by atoms with van der Waals surface area (Å²) in [6.07, 6.45) is 0.439. The number of nitrogens with one attached hydrogen (secondary N) is 2. The summed E-state index contributed by atoms with van der Waals surface area (Å²) < 4.78 is 10.7. The van der Waals surface area contributed by atoms with Crippen molar-refractivity contribution in [1.29, 1.82) is 0 Å². The van der Waals surface area contributed by atoms with Gasteiger partial charge < -0.3 is 9.26 Å². The Morgan fingerprint density at radius 3 is 2.64 bits per heavy atom. The molecule has 2 heterocycles. The van der Waals surface area contributed by atoms with Crippen LogP contribution in [0.25, 0.3) is 10.7 Å². The molecule has 0 fully saturated rings. The Morgan fingerprint density at radius 1 is 1.18 bits per heavy atom. The fourth-order valence-corrected chi connectivity index (χ4v) is 2.95. The van der Waals surface area contributed by atoms with Gasteiger partial charge in [-0.1, -0.05) is 11.2 Å². The first-order valence-corrected chi connectivity index (χ1v) is 9.61. The van der Waals surface area contributed by atoms with E-state index in [4.69, 9.17) is 9.26 Å². The topological polar surface area (TPSA) is 106 Å². The van der Waals surface area contributed by atoms with Gasteiger partial charge in [-0.05, 0) is 49.6 Å². The third-order valence-electron chi connectivity index (χ3n) is 3.58. The van der Waals surface area contributed by atoms with E-state index in [1.807, 2.05) is 31.4 Å². The molecule has 8 nitrogen and oxygen atoms in total. The van der Waals surface area contributed by atoms with Crippen LogP contribution < -0.4 is 15.6 Å². The normalized spacial score (nSPS) is 10.7. The van der Waals surface area contributed by atoms with Crippen LogP contribution in [-0.4, -0.2) is 28.1 Å². The number of hydrogen-bond acceptors (Lipinski definition) is 7. The molecule has 146 valence electrons. The first-order valence-electron chi connectivity index (χ1n) is 8.73. The number of carbonyl (C=O) groups excluding carboxylic acids is 2. The highest BCUT2D eigenvalue weighted by atomic mass is 32.1. The molecule has 0 saturated carbocycles. The second-order valence-electron chi connectivity index (χ2n) is 6.18. The number of carbonyl (C=O) groups is 2. The summed E-state index contributed by atoms with van der Waals surface area (Å²) in [6, 6.07) is 10.5. The van der Waals surface area contributed by atoms with Crippen LogP contribution in [0.5, 0.6) is 5.75 Å². The molecule has 3 rings (SSSR count). The van der Waals surface area contributed by atoms with E-state index in [-0.39, 0.29) is 24.9 Å². The number of rotatable bonds is 7. The molecule has 0 bridgehead atoms. The molecule has 0 saturated heterocycles. The zero-order valence-corrected chi connectivity index (χ0v) is 16.3. The highest BCUT2D eigenvalue weighted by molar-refractivity contribution is 7.13. The van der Waals surface area contributed by atoms with Gasteiger partial charge in [-0.2, -0.15) is 4.98 Å². The quantitative estimate of drug-likeness (QED) is 0.591. The summed E-state index contributed by atoms with van der Waals surface area (Å²) in [7, 11) is 0. The van der Waals surface area contributed by atoms with Crippen molar-refractivity contribution in [3.05, 3.63) is 53.2 Å². The average molecular weight is 400 g/mol. The van der Waals surface area contributed by atoms with Crippen molar-refractivity contribution in [2.45, 2.75) is 32.8 Å². The number of benzene rings is 1. The lowest BCUT2D eigenvalue weighted by Gasteiger charge is -2.10. The molecular weight excluding hydrogens is 380 g/mol. The van der Waals surface area contributed by atoms with Crippen molar-refractivity contribution in [3.8, 4) is 16.5 Å². The molecule has 9 heteroatoms. The maximum atomic E-state index is 12.1. The molecule has 2 aromatic heterocycles. The van der Waals surface area contributed by atoms with Crippen LogP contribution in [0.2, 0.25) is 0 Å². The van der Waals surface area contributed by atoms with E-state index < -0.39 is 5.91 Å². The van der Waals surface area contributed by atoms with E-state index in [1.165, 1.54) is 11.3 Å². The molecule has 28 heavy (non-hydrogen) atoms. The minimum Gasteiger partial charge on any atom is -0.491 e. The Hall–Kier alpha value is -3.20. The summed E-state index contributed by atoms with van der Waals surface area (Å²) in [5.74, 6) is 0.775. The SMILES string of the molecule is CC(C)Oc1ccc(C(=O)NNC(=O)CCc2nc(-c3cccs3)no2)cc1. The first kappa shape index (κ1) is 19.6. The second-order valence-corrected chi connectivity index (χ2v) is 7.13. The van der Waals surface area contributed by atoms with Crippen molar-refractivity contribution in [2.75, 3.05) is 0 Å². The Balaban J connectivity index is 1.43. The fraction of sp³-hybridized carbons (Fsp3) is 0.263. The van der Waals surface area contributed by atoms with Gasteiger partial charge in [-0.25, -0.2) is 0 Å². The number of ether oxygens (including phenoxy) is 1. The minimum absolute atomic E-state index is 0.0548. The molecule has 1 aromatic carbocycles. The third-order valence-corrected chi connectivity index (χ3v) is 4.45. The van der Waals surface area contributed by atoms with Crippen LogP contribution in [-0.2, 0) is 11.2 Å². The van der Waals surface area contributed by atoms with Crippen LogP contribution in [0.1, 0.15) is 36.5 Å². The zero-order chi connectivity index (χ0) is 19.9. The van der Waals surface area contributed by atoms with E-state index in [2.05, 4.69) is 21.0 Å². The van der Waals surface area contributed by atoms with Crippen LogP contribution in [0.4, 0.5) is 0 Å². The molecule has 0 unspecified atom stereocenters. The molecule has 2 amide bonds. The lowest BCUT2D eigenvalue weighted by atomic mass is 10.2. The summed E-state index contributed by atoms with van der Waals surface area (Å²) in [4.78, 5) is 29.2. The number of amides is 2. The number of nitrogens with zero attached hydrogens (tertiary/aromatic N) is 2. The maximum Gasteiger partial charge on any atom is 0.269 e. The lowest BCUT2D eigenvalue weighted by molar-refractivity contribution is -0.121. The minimum atomic E-state index is -0.415. The predicted octanol–water partition coefficient (Wildman–Crippen LogP) is 2.98. The van der Waals surface area contributed by atoms with Gasteiger partial charge >= 0.3 is 0 Å². The fourth-order valence-electron chi connectivity index (χ4n) is 2.30. The van der Waals surface area contributed by atoms with Gasteiger partial charge in [0.25, 0.3) is 5.91 Å². The number of aromatic nitrogens is 2. The Morgan fingerprint density at radius 2 is 1.96 bits per heavy atom. The monoisotopic (exact) mass is 400 g/mol. The molecule has 0 radical (unpaired) electrons. The number of hydrogen-bond donors (Lipinski definition) is 2. The summed E-state index contributed by atoms with van der Waals surface area (Å²) in [5.41, 5.74) is 5.16. The first-order chi connectivity index (χ1) is 13.5. The molecule has 0 aliphatic rings. The third kappa shape index (κ3) is 5.40. The summed E-state index contributed by atoms with van der Waals surface area (Å²) in [5, 5.41) is 5.81. The van der Waals surface area contributed by atoms with Gasteiger partial charge in [-0.3, -0.25) is 20.4 Å².